The molecular formula is C16H21N3O3. The summed E-state index contributed by atoms with van der Waals surface area (Å²) in [5, 5.41) is 2.99. The minimum Gasteiger partial charge on any atom is -0.486 e. The molecule has 1 saturated carbocycles. The molecular weight excluding hydrogens is 282 g/mol. The summed E-state index contributed by atoms with van der Waals surface area (Å²) in [6.45, 7) is 1.58. The van der Waals surface area contributed by atoms with Gasteiger partial charge in [0.25, 0.3) is 0 Å². The van der Waals surface area contributed by atoms with Crippen molar-refractivity contribution in [2.24, 2.45) is 5.92 Å². The van der Waals surface area contributed by atoms with Crippen LogP contribution in [0.4, 0.5) is 0 Å². The number of para-hydroxylation sites is 1. The van der Waals surface area contributed by atoms with E-state index in [0.717, 1.165) is 29.4 Å². The molecule has 6 nitrogen and oxygen atoms in total. The van der Waals surface area contributed by atoms with Gasteiger partial charge in [-0.3, -0.25) is 10.2 Å². The molecule has 0 spiro atoms. The normalized spacial score (nSPS) is 26.7. The number of nitrogens with one attached hydrogen (secondary N) is 3. The van der Waals surface area contributed by atoms with Gasteiger partial charge in [0.1, 0.15) is 19.3 Å². The van der Waals surface area contributed by atoms with Crippen molar-refractivity contribution < 1.29 is 14.3 Å². The monoisotopic (exact) mass is 303 g/mol. The van der Waals surface area contributed by atoms with E-state index in [4.69, 9.17) is 9.47 Å². The van der Waals surface area contributed by atoms with Crippen LogP contribution in [0, 0.1) is 5.92 Å². The van der Waals surface area contributed by atoms with Crippen molar-refractivity contribution in [2.45, 2.75) is 37.9 Å². The number of benzene rings is 1. The maximum Gasteiger partial charge on any atom is 0.238 e. The predicted molar refractivity (Wildman–Crippen MR) is 80.5 cm³/mol. The lowest BCUT2D eigenvalue weighted by Crippen LogP contribution is -2.43. The molecule has 1 amide bonds. The first-order valence-corrected chi connectivity index (χ1v) is 7.97. The molecule has 0 radical (unpaired) electrons. The zero-order valence-corrected chi connectivity index (χ0v) is 12.4. The number of amides is 1. The van der Waals surface area contributed by atoms with Gasteiger partial charge in [-0.05, 0) is 31.2 Å². The van der Waals surface area contributed by atoms with Crippen molar-refractivity contribution in [2.75, 3.05) is 13.2 Å². The second-order valence-electron chi connectivity index (χ2n) is 6.18. The lowest BCUT2D eigenvalue weighted by Gasteiger charge is -2.21. The van der Waals surface area contributed by atoms with Crippen molar-refractivity contribution >= 4 is 5.91 Å². The number of hydrogen-bond donors (Lipinski definition) is 3. The van der Waals surface area contributed by atoms with Crippen LogP contribution in [0.2, 0.25) is 0 Å². The van der Waals surface area contributed by atoms with Gasteiger partial charge in [0.15, 0.2) is 11.5 Å². The largest absolute Gasteiger partial charge is 0.486 e. The summed E-state index contributed by atoms with van der Waals surface area (Å²) >= 11 is 0. The highest BCUT2D eigenvalue weighted by Crippen LogP contribution is 2.36. The van der Waals surface area contributed by atoms with E-state index in [-0.39, 0.29) is 11.9 Å². The smallest absolute Gasteiger partial charge is 0.238 e. The summed E-state index contributed by atoms with van der Waals surface area (Å²) in [4.78, 5) is 12.3. The molecule has 0 bridgehead atoms. The fourth-order valence-corrected chi connectivity index (χ4v) is 3.14. The zero-order chi connectivity index (χ0) is 14.9. The number of hydrogen-bond acceptors (Lipinski definition) is 5. The van der Waals surface area contributed by atoms with E-state index in [1.807, 2.05) is 18.2 Å². The summed E-state index contributed by atoms with van der Waals surface area (Å²) in [5.41, 5.74) is 7.30. The average Bonchev–Trinajstić information content (AvgIpc) is 3.29. The third kappa shape index (κ3) is 2.76. The lowest BCUT2D eigenvalue weighted by molar-refractivity contribution is -0.123. The summed E-state index contributed by atoms with van der Waals surface area (Å²) in [6, 6.07) is 6.07. The minimum absolute atomic E-state index is 0.0324. The van der Waals surface area contributed by atoms with E-state index in [9.17, 15) is 4.79 Å². The minimum atomic E-state index is -0.151. The lowest BCUT2D eigenvalue weighted by atomic mass is 10.1. The molecule has 6 heteroatoms. The Hall–Kier alpha value is -1.79. The maximum atomic E-state index is 12.3. The van der Waals surface area contributed by atoms with E-state index >= 15 is 0 Å². The Morgan fingerprint density at radius 2 is 2.09 bits per heavy atom. The zero-order valence-electron chi connectivity index (χ0n) is 12.4. The van der Waals surface area contributed by atoms with Gasteiger partial charge in [0.05, 0.1) is 0 Å². The van der Waals surface area contributed by atoms with E-state index in [0.29, 0.717) is 25.8 Å². The van der Waals surface area contributed by atoms with Crippen LogP contribution >= 0.6 is 0 Å². The third-order valence-corrected chi connectivity index (χ3v) is 4.54. The molecule has 1 aromatic rings. The number of carbonyl (C=O) groups excluding carboxylic acids is 1. The number of ether oxygens (including phenoxy) is 2. The van der Waals surface area contributed by atoms with E-state index in [2.05, 4.69) is 16.2 Å². The quantitative estimate of drug-likeness (QED) is 0.764. The highest BCUT2D eigenvalue weighted by molar-refractivity contribution is 5.82. The predicted octanol–water partition coefficient (Wildman–Crippen LogP) is 0.719. The molecule has 3 aliphatic rings. The summed E-state index contributed by atoms with van der Waals surface area (Å²) in [5.74, 6) is 2.29. The molecule has 2 atom stereocenters. The van der Waals surface area contributed by atoms with Gasteiger partial charge in [-0.1, -0.05) is 12.1 Å². The molecule has 22 heavy (non-hydrogen) atoms. The van der Waals surface area contributed by atoms with Crippen LogP contribution in [0.3, 0.4) is 0 Å². The Bertz CT molecular complexity index is 574. The first-order valence-electron chi connectivity index (χ1n) is 7.97. The number of carbonyl (C=O) groups is 1. The Balaban J connectivity index is 1.35. The molecule has 2 aliphatic heterocycles. The Morgan fingerprint density at radius 3 is 2.95 bits per heavy atom. The molecule has 2 heterocycles. The van der Waals surface area contributed by atoms with Crippen LogP contribution in [0.1, 0.15) is 24.8 Å². The average molecular weight is 303 g/mol. The first kappa shape index (κ1) is 13.8. The van der Waals surface area contributed by atoms with Crippen LogP contribution in [0.5, 0.6) is 11.5 Å². The molecule has 1 aliphatic carbocycles. The van der Waals surface area contributed by atoms with Crippen molar-refractivity contribution in [1.29, 1.82) is 0 Å². The van der Waals surface area contributed by atoms with E-state index in [1.54, 1.807) is 0 Å². The van der Waals surface area contributed by atoms with Crippen LogP contribution in [-0.4, -0.2) is 31.2 Å². The van der Waals surface area contributed by atoms with Gasteiger partial charge < -0.3 is 14.8 Å². The molecule has 3 N–H and O–H groups in total. The first-order chi connectivity index (χ1) is 10.8. The standard InChI is InChI=1S/C16H21N3O3/c20-16(13-8-12(18-19-13)10-4-5-10)17-9-11-2-1-3-14-15(11)22-7-6-21-14/h1-3,10,12-13,18-19H,4-9H2,(H,17,20). The Labute approximate surface area is 129 Å². The topological polar surface area (TPSA) is 71.6 Å². The molecule has 1 aromatic carbocycles. The molecule has 2 unspecified atom stereocenters. The van der Waals surface area contributed by atoms with Gasteiger partial charge in [0.2, 0.25) is 5.91 Å². The Kier molecular flexibility index (Phi) is 3.63. The maximum absolute atomic E-state index is 12.3. The fourth-order valence-electron chi connectivity index (χ4n) is 3.14. The van der Waals surface area contributed by atoms with E-state index < -0.39 is 0 Å². The molecule has 118 valence electrons. The highest BCUT2D eigenvalue weighted by Gasteiger charge is 2.38. The second kappa shape index (κ2) is 5.78. The van der Waals surface area contributed by atoms with Gasteiger partial charge in [0, 0.05) is 18.2 Å². The van der Waals surface area contributed by atoms with Gasteiger partial charge in [-0.15, -0.1) is 0 Å². The van der Waals surface area contributed by atoms with Gasteiger partial charge in [-0.2, -0.15) is 0 Å². The van der Waals surface area contributed by atoms with Gasteiger partial charge >= 0.3 is 0 Å². The van der Waals surface area contributed by atoms with Crippen molar-refractivity contribution in [3.8, 4) is 11.5 Å². The second-order valence-corrected chi connectivity index (χ2v) is 6.18. The van der Waals surface area contributed by atoms with Crippen LogP contribution in [0.15, 0.2) is 18.2 Å². The summed E-state index contributed by atoms with van der Waals surface area (Å²) in [7, 11) is 0. The van der Waals surface area contributed by atoms with Crippen LogP contribution in [-0.2, 0) is 11.3 Å². The molecule has 1 saturated heterocycles. The summed E-state index contributed by atoms with van der Waals surface area (Å²) in [6.07, 6.45) is 3.42. The molecule has 2 fully saturated rings. The fraction of sp³-hybridized carbons (Fsp3) is 0.562. The molecule has 0 aromatic heterocycles. The van der Waals surface area contributed by atoms with E-state index in [1.165, 1.54) is 12.8 Å². The van der Waals surface area contributed by atoms with Crippen LogP contribution < -0.4 is 25.6 Å². The van der Waals surface area contributed by atoms with Crippen LogP contribution in [0.25, 0.3) is 0 Å². The number of hydrazine groups is 1. The summed E-state index contributed by atoms with van der Waals surface area (Å²) < 4.78 is 11.2. The highest BCUT2D eigenvalue weighted by atomic mass is 16.6. The van der Waals surface area contributed by atoms with Crippen molar-refractivity contribution in [3.05, 3.63) is 23.8 Å². The van der Waals surface area contributed by atoms with Crippen molar-refractivity contribution in [1.82, 2.24) is 16.2 Å². The Morgan fingerprint density at radius 1 is 1.23 bits per heavy atom. The SMILES string of the molecule is O=C(NCc1cccc2c1OCCO2)C1CC(C2CC2)NN1. The molecule has 4 rings (SSSR count). The number of rotatable bonds is 4. The van der Waals surface area contributed by atoms with Crippen molar-refractivity contribution in [3.63, 3.8) is 0 Å². The third-order valence-electron chi connectivity index (χ3n) is 4.54. The number of fused-ring (bicyclic) bond motifs is 1. The van der Waals surface area contributed by atoms with Gasteiger partial charge in [-0.25, -0.2) is 5.43 Å².